The number of ether oxygens (including phenoxy) is 2. The zero-order valence-corrected chi connectivity index (χ0v) is 11.7. The number of hydrogen-bond acceptors (Lipinski definition) is 4. The Bertz CT molecular complexity index is 341. The van der Waals surface area contributed by atoms with Crippen LogP contribution in [0.3, 0.4) is 0 Å². The summed E-state index contributed by atoms with van der Waals surface area (Å²) < 4.78 is 10.5. The van der Waals surface area contributed by atoms with Crippen LogP contribution in [0.4, 0.5) is 0 Å². The van der Waals surface area contributed by atoms with Gasteiger partial charge in [0.1, 0.15) is 6.29 Å². The Morgan fingerprint density at radius 1 is 1.26 bits per heavy atom. The first kappa shape index (κ1) is 14.5. The molecule has 2 rings (SSSR count). The molecule has 1 saturated carbocycles. The molecule has 0 aromatic heterocycles. The Labute approximate surface area is 114 Å². The zero-order valence-electron chi connectivity index (χ0n) is 11.7. The Hall–Kier alpha value is -0.940. The van der Waals surface area contributed by atoms with Crippen molar-refractivity contribution in [3.05, 3.63) is 0 Å². The van der Waals surface area contributed by atoms with Gasteiger partial charge in [0.2, 0.25) is 5.91 Å². The predicted molar refractivity (Wildman–Crippen MR) is 69.7 cm³/mol. The summed E-state index contributed by atoms with van der Waals surface area (Å²) in [5.74, 6) is 0.183. The van der Waals surface area contributed by atoms with E-state index in [1.807, 2.05) is 0 Å². The van der Waals surface area contributed by atoms with Gasteiger partial charge in [0.15, 0.2) is 0 Å². The average molecular weight is 269 g/mol. The quantitative estimate of drug-likeness (QED) is 0.754. The van der Waals surface area contributed by atoms with E-state index in [1.54, 1.807) is 14.2 Å². The molecule has 1 amide bonds. The highest BCUT2D eigenvalue weighted by molar-refractivity contribution is 5.86. The summed E-state index contributed by atoms with van der Waals surface area (Å²) in [7, 11) is 3.22. The number of aldehydes is 1. The Morgan fingerprint density at radius 3 is 2.32 bits per heavy atom. The SMILES string of the molecule is COCC1(COC)CC2(CCC(C=O)CC2)NC1=O. The minimum atomic E-state index is -0.572. The Kier molecular flexibility index (Phi) is 4.26. The molecule has 5 heteroatoms. The lowest BCUT2D eigenvalue weighted by Crippen LogP contribution is -2.44. The van der Waals surface area contributed by atoms with Gasteiger partial charge in [0, 0.05) is 25.7 Å². The second kappa shape index (κ2) is 5.59. The summed E-state index contributed by atoms with van der Waals surface area (Å²) in [4.78, 5) is 23.2. The van der Waals surface area contributed by atoms with Crippen LogP contribution in [0.5, 0.6) is 0 Å². The average Bonchev–Trinajstić information content (AvgIpc) is 2.64. The van der Waals surface area contributed by atoms with E-state index in [0.717, 1.165) is 38.4 Å². The topological polar surface area (TPSA) is 64.6 Å². The fraction of sp³-hybridized carbons (Fsp3) is 0.857. The van der Waals surface area contributed by atoms with E-state index in [9.17, 15) is 9.59 Å². The summed E-state index contributed by atoms with van der Waals surface area (Å²) in [5.41, 5.74) is -0.731. The van der Waals surface area contributed by atoms with E-state index in [2.05, 4.69) is 5.32 Å². The lowest BCUT2D eigenvalue weighted by molar-refractivity contribution is -0.133. The molecule has 0 atom stereocenters. The van der Waals surface area contributed by atoms with Crippen molar-refractivity contribution in [2.45, 2.75) is 37.6 Å². The van der Waals surface area contributed by atoms with E-state index in [-0.39, 0.29) is 17.4 Å². The van der Waals surface area contributed by atoms with Crippen molar-refractivity contribution in [3.63, 3.8) is 0 Å². The molecule has 0 bridgehead atoms. The molecule has 108 valence electrons. The molecule has 0 aromatic carbocycles. The Balaban J connectivity index is 2.11. The maximum absolute atomic E-state index is 12.4. The van der Waals surface area contributed by atoms with Crippen LogP contribution in [0.2, 0.25) is 0 Å². The molecule has 19 heavy (non-hydrogen) atoms. The van der Waals surface area contributed by atoms with Crippen LogP contribution in [0.1, 0.15) is 32.1 Å². The first-order valence-electron chi connectivity index (χ1n) is 6.85. The number of hydrogen-bond donors (Lipinski definition) is 1. The normalized spacial score (nSPS) is 33.4. The fourth-order valence-corrected chi connectivity index (χ4v) is 3.60. The lowest BCUT2D eigenvalue weighted by Gasteiger charge is -2.36. The van der Waals surface area contributed by atoms with Gasteiger partial charge in [0.05, 0.1) is 18.6 Å². The van der Waals surface area contributed by atoms with Crippen molar-refractivity contribution in [3.8, 4) is 0 Å². The highest BCUT2D eigenvalue weighted by atomic mass is 16.5. The molecule has 1 saturated heterocycles. The molecule has 0 radical (unpaired) electrons. The van der Waals surface area contributed by atoms with Crippen LogP contribution in [0.15, 0.2) is 0 Å². The van der Waals surface area contributed by atoms with Crippen LogP contribution in [-0.4, -0.2) is 45.2 Å². The van der Waals surface area contributed by atoms with Crippen molar-refractivity contribution < 1.29 is 19.1 Å². The zero-order chi connectivity index (χ0) is 13.9. The van der Waals surface area contributed by atoms with Crippen molar-refractivity contribution in [2.75, 3.05) is 27.4 Å². The van der Waals surface area contributed by atoms with Crippen molar-refractivity contribution in [2.24, 2.45) is 11.3 Å². The van der Waals surface area contributed by atoms with Crippen LogP contribution < -0.4 is 5.32 Å². The van der Waals surface area contributed by atoms with Gasteiger partial charge in [-0.25, -0.2) is 0 Å². The largest absolute Gasteiger partial charge is 0.383 e. The minimum absolute atomic E-state index is 0.0285. The van der Waals surface area contributed by atoms with Gasteiger partial charge in [-0.15, -0.1) is 0 Å². The molecule has 1 N–H and O–H groups in total. The monoisotopic (exact) mass is 269 g/mol. The molecule has 1 aliphatic carbocycles. The highest BCUT2D eigenvalue weighted by Gasteiger charge is 2.55. The van der Waals surface area contributed by atoms with E-state index in [4.69, 9.17) is 9.47 Å². The van der Waals surface area contributed by atoms with Crippen molar-refractivity contribution in [1.29, 1.82) is 0 Å². The van der Waals surface area contributed by atoms with Gasteiger partial charge < -0.3 is 19.6 Å². The van der Waals surface area contributed by atoms with Crippen LogP contribution in [0, 0.1) is 11.3 Å². The summed E-state index contributed by atoms with van der Waals surface area (Å²) in [6.07, 6.45) is 5.25. The van der Waals surface area contributed by atoms with E-state index in [1.165, 1.54) is 0 Å². The standard InChI is InChI=1S/C14H23NO4/c1-18-9-13(10-19-2)8-14(15-12(13)17)5-3-11(7-16)4-6-14/h7,11H,3-6,8-10H2,1-2H3,(H,15,17). The van der Waals surface area contributed by atoms with E-state index < -0.39 is 5.41 Å². The molecule has 5 nitrogen and oxygen atoms in total. The summed E-state index contributed by atoms with van der Waals surface area (Å²) in [5, 5.41) is 3.16. The summed E-state index contributed by atoms with van der Waals surface area (Å²) in [6, 6.07) is 0. The fourth-order valence-electron chi connectivity index (χ4n) is 3.60. The molecule has 2 aliphatic rings. The molecule has 0 unspecified atom stereocenters. The van der Waals surface area contributed by atoms with Crippen molar-refractivity contribution >= 4 is 12.2 Å². The second-order valence-corrected chi connectivity index (χ2v) is 6.03. The number of amides is 1. The maximum Gasteiger partial charge on any atom is 0.231 e. The van der Waals surface area contributed by atoms with Crippen LogP contribution >= 0.6 is 0 Å². The van der Waals surface area contributed by atoms with Crippen LogP contribution in [-0.2, 0) is 19.1 Å². The van der Waals surface area contributed by atoms with Crippen molar-refractivity contribution in [1.82, 2.24) is 5.32 Å². The van der Waals surface area contributed by atoms with E-state index in [0.29, 0.717) is 13.2 Å². The predicted octanol–water partition coefficient (Wildman–Crippen LogP) is 0.913. The van der Waals surface area contributed by atoms with Gasteiger partial charge in [-0.05, 0) is 32.1 Å². The third-order valence-corrected chi connectivity index (χ3v) is 4.56. The van der Waals surface area contributed by atoms with Gasteiger partial charge in [-0.1, -0.05) is 0 Å². The highest BCUT2D eigenvalue weighted by Crippen LogP contribution is 2.45. The third-order valence-electron chi connectivity index (χ3n) is 4.56. The number of methoxy groups -OCH3 is 2. The number of carbonyl (C=O) groups excluding carboxylic acids is 2. The molecular formula is C14H23NO4. The smallest absolute Gasteiger partial charge is 0.231 e. The first-order valence-corrected chi connectivity index (χ1v) is 6.85. The molecule has 1 aliphatic heterocycles. The molecule has 1 spiro atoms. The summed E-state index contributed by atoms with van der Waals surface area (Å²) >= 11 is 0. The Morgan fingerprint density at radius 2 is 1.84 bits per heavy atom. The molecular weight excluding hydrogens is 246 g/mol. The lowest BCUT2D eigenvalue weighted by atomic mass is 9.72. The van der Waals surface area contributed by atoms with Gasteiger partial charge in [-0.2, -0.15) is 0 Å². The molecule has 1 heterocycles. The van der Waals surface area contributed by atoms with Gasteiger partial charge in [-0.3, -0.25) is 4.79 Å². The first-order chi connectivity index (χ1) is 9.10. The maximum atomic E-state index is 12.4. The van der Waals surface area contributed by atoms with Gasteiger partial charge >= 0.3 is 0 Å². The second-order valence-electron chi connectivity index (χ2n) is 6.03. The minimum Gasteiger partial charge on any atom is -0.383 e. The summed E-state index contributed by atoms with van der Waals surface area (Å²) in [6.45, 7) is 0.761. The van der Waals surface area contributed by atoms with E-state index >= 15 is 0 Å². The number of nitrogens with one attached hydrogen (secondary N) is 1. The van der Waals surface area contributed by atoms with Gasteiger partial charge in [0.25, 0.3) is 0 Å². The van der Waals surface area contributed by atoms with Crippen LogP contribution in [0.25, 0.3) is 0 Å². The third kappa shape index (κ3) is 2.67. The number of rotatable bonds is 5. The molecule has 0 aromatic rings. The molecule has 2 fully saturated rings. The number of carbonyl (C=O) groups is 2.